The average Bonchev–Trinajstić information content (AvgIpc) is 3.38. The van der Waals surface area contributed by atoms with Gasteiger partial charge in [-0.3, -0.25) is 5.10 Å². The minimum absolute atomic E-state index is 0.664. The largest absolute Gasteiger partial charge is 0.371 e. The Kier molecular flexibility index (Phi) is 5.55. The number of anilines is 1. The van der Waals surface area contributed by atoms with E-state index in [0.717, 1.165) is 36.8 Å². The highest BCUT2D eigenvalue weighted by Crippen LogP contribution is 2.28. The molecule has 0 aliphatic carbocycles. The lowest BCUT2D eigenvalue weighted by Crippen LogP contribution is -2.44. The van der Waals surface area contributed by atoms with Crippen molar-refractivity contribution < 1.29 is 0 Å². The second-order valence-corrected chi connectivity index (χ2v) is 8.42. The lowest BCUT2D eigenvalue weighted by molar-refractivity contribution is 0.210. The third kappa shape index (κ3) is 4.39. The minimum atomic E-state index is 0.664. The number of piperidine rings is 1. The van der Waals surface area contributed by atoms with Crippen LogP contribution in [0.4, 0.5) is 5.69 Å². The molecule has 1 aromatic carbocycles. The maximum Gasteiger partial charge on any atom is 0.0901 e. The standard InChI is InChI=1S/C21H27N5S/c1-16-24-21(15-27-16)18-4-3-5-20(12-18)26-10-7-19(8-11-26)25(2)9-6-17-13-22-23-14-17/h3-5,12-15,19H,6-11H2,1-2H3,(H,22,23). The highest BCUT2D eigenvalue weighted by Gasteiger charge is 2.22. The van der Waals surface area contributed by atoms with E-state index in [1.54, 1.807) is 11.3 Å². The number of benzene rings is 1. The molecule has 0 bridgehead atoms. The third-order valence-electron chi connectivity index (χ3n) is 5.52. The molecule has 1 N–H and O–H groups in total. The molecular weight excluding hydrogens is 354 g/mol. The van der Waals surface area contributed by atoms with E-state index in [1.807, 2.05) is 12.4 Å². The minimum Gasteiger partial charge on any atom is -0.371 e. The molecule has 0 amide bonds. The Morgan fingerprint density at radius 2 is 2.15 bits per heavy atom. The van der Waals surface area contributed by atoms with Gasteiger partial charge >= 0.3 is 0 Å². The molecule has 4 rings (SSSR count). The van der Waals surface area contributed by atoms with Gasteiger partial charge in [0.25, 0.3) is 0 Å². The summed E-state index contributed by atoms with van der Waals surface area (Å²) in [6, 6.07) is 9.50. The number of aromatic nitrogens is 3. The summed E-state index contributed by atoms with van der Waals surface area (Å²) in [6.45, 7) is 5.37. The van der Waals surface area contributed by atoms with Crippen LogP contribution in [0.5, 0.6) is 0 Å². The molecule has 3 aromatic rings. The number of thiazole rings is 1. The monoisotopic (exact) mass is 381 g/mol. The van der Waals surface area contributed by atoms with Crippen molar-refractivity contribution in [1.82, 2.24) is 20.1 Å². The van der Waals surface area contributed by atoms with Gasteiger partial charge in [0, 0.05) is 48.5 Å². The van der Waals surface area contributed by atoms with Crippen molar-refractivity contribution in [3.8, 4) is 11.3 Å². The second kappa shape index (κ2) is 8.23. The van der Waals surface area contributed by atoms with Crippen molar-refractivity contribution in [2.24, 2.45) is 0 Å². The Bertz CT molecular complexity index is 849. The molecule has 1 aliphatic rings. The zero-order chi connectivity index (χ0) is 18.6. The highest BCUT2D eigenvalue weighted by atomic mass is 32.1. The normalized spacial score (nSPS) is 15.6. The fraction of sp³-hybridized carbons (Fsp3) is 0.429. The van der Waals surface area contributed by atoms with E-state index in [-0.39, 0.29) is 0 Å². The lowest BCUT2D eigenvalue weighted by Gasteiger charge is -2.38. The predicted molar refractivity (Wildman–Crippen MR) is 112 cm³/mol. The van der Waals surface area contributed by atoms with Gasteiger partial charge in [0.1, 0.15) is 0 Å². The first kappa shape index (κ1) is 18.2. The molecule has 1 saturated heterocycles. The molecule has 1 fully saturated rings. The number of nitrogens with zero attached hydrogens (tertiary/aromatic N) is 4. The quantitative estimate of drug-likeness (QED) is 0.701. The van der Waals surface area contributed by atoms with Crippen LogP contribution >= 0.6 is 11.3 Å². The number of hydrogen-bond donors (Lipinski definition) is 1. The van der Waals surface area contributed by atoms with Gasteiger partial charge in [-0.2, -0.15) is 5.10 Å². The zero-order valence-electron chi connectivity index (χ0n) is 16.1. The molecule has 142 valence electrons. The van der Waals surface area contributed by atoms with E-state index < -0.39 is 0 Å². The van der Waals surface area contributed by atoms with Crippen molar-refractivity contribution in [3.05, 3.63) is 52.6 Å². The molecule has 27 heavy (non-hydrogen) atoms. The van der Waals surface area contributed by atoms with E-state index in [1.165, 1.54) is 29.7 Å². The van der Waals surface area contributed by atoms with Crippen molar-refractivity contribution in [2.45, 2.75) is 32.2 Å². The third-order valence-corrected chi connectivity index (χ3v) is 6.30. The summed E-state index contributed by atoms with van der Waals surface area (Å²) >= 11 is 1.71. The van der Waals surface area contributed by atoms with Gasteiger partial charge in [-0.15, -0.1) is 11.3 Å². The zero-order valence-corrected chi connectivity index (χ0v) is 16.9. The summed E-state index contributed by atoms with van der Waals surface area (Å²) in [7, 11) is 2.26. The number of aromatic amines is 1. The summed E-state index contributed by atoms with van der Waals surface area (Å²) in [5.74, 6) is 0. The molecule has 2 aromatic heterocycles. The van der Waals surface area contributed by atoms with Gasteiger partial charge in [-0.25, -0.2) is 4.98 Å². The van der Waals surface area contributed by atoms with E-state index in [2.05, 4.69) is 68.6 Å². The summed E-state index contributed by atoms with van der Waals surface area (Å²) < 4.78 is 0. The van der Waals surface area contributed by atoms with E-state index in [9.17, 15) is 0 Å². The molecule has 0 unspecified atom stereocenters. The van der Waals surface area contributed by atoms with Crippen LogP contribution in [0.1, 0.15) is 23.4 Å². The first-order valence-electron chi connectivity index (χ1n) is 9.64. The van der Waals surface area contributed by atoms with Gasteiger partial charge in [0.05, 0.1) is 16.9 Å². The molecule has 3 heterocycles. The van der Waals surface area contributed by atoms with Gasteiger partial charge in [-0.1, -0.05) is 12.1 Å². The number of rotatable bonds is 6. The van der Waals surface area contributed by atoms with Gasteiger partial charge in [0.15, 0.2) is 0 Å². The maximum atomic E-state index is 4.63. The Hall–Kier alpha value is -2.18. The SMILES string of the molecule is Cc1nc(-c2cccc(N3CCC(N(C)CCc4cn[nH]c4)CC3)c2)cs1. The maximum absolute atomic E-state index is 4.63. The number of hydrogen-bond acceptors (Lipinski definition) is 5. The van der Waals surface area contributed by atoms with Crippen molar-refractivity contribution >= 4 is 17.0 Å². The molecular formula is C21H27N5S. The fourth-order valence-electron chi connectivity index (χ4n) is 3.83. The Balaban J connectivity index is 1.33. The molecule has 0 saturated carbocycles. The molecule has 0 spiro atoms. The van der Waals surface area contributed by atoms with Crippen molar-refractivity contribution in [2.75, 3.05) is 31.6 Å². The Labute approximate surface area is 165 Å². The van der Waals surface area contributed by atoms with Crippen molar-refractivity contribution in [1.29, 1.82) is 0 Å². The molecule has 1 aliphatic heterocycles. The van der Waals surface area contributed by atoms with Gasteiger partial charge in [0.2, 0.25) is 0 Å². The summed E-state index contributed by atoms with van der Waals surface area (Å²) in [4.78, 5) is 9.66. The van der Waals surface area contributed by atoms with Crippen molar-refractivity contribution in [3.63, 3.8) is 0 Å². The van der Waals surface area contributed by atoms with Crippen LogP contribution in [0.25, 0.3) is 11.3 Å². The predicted octanol–water partition coefficient (Wildman–Crippen LogP) is 3.98. The van der Waals surface area contributed by atoms with Crippen LogP contribution in [0.15, 0.2) is 42.0 Å². The van der Waals surface area contributed by atoms with E-state index >= 15 is 0 Å². The van der Waals surface area contributed by atoms with E-state index in [4.69, 9.17) is 0 Å². The summed E-state index contributed by atoms with van der Waals surface area (Å²) in [6.07, 6.45) is 7.40. The first-order valence-corrected chi connectivity index (χ1v) is 10.5. The fourth-order valence-corrected chi connectivity index (χ4v) is 4.45. The number of aryl methyl sites for hydroxylation is 1. The number of nitrogens with one attached hydrogen (secondary N) is 1. The Morgan fingerprint density at radius 1 is 1.30 bits per heavy atom. The highest BCUT2D eigenvalue weighted by molar-refractivity contribution is 7.09. The second-order valence-electron chi connectivity index (χ2n) is 7.36. The number of H-pyrrole nitrogens is 1. The topological polar surface area (TPSA) is 48.1 Å². The Morgan fingerprint density at radius 3 is 2.85 bits per heavy atom. The molecule has 0 radical (unpaired) electrons. The van der Waals surface area contributed by atoms with Crippen LogP contribution in [0, 0.1) is 6.92 Å². The summed E-state index contributed by atoms with van der Waals surface area (Å²) in [5.41, 5.74) is 4.91. The van der Waals surface area contributed by atoms with Crippen LogP contribution in [0.2, 0.25) is 0 Å². The van der Waals surface area contributed by atoms with Gasteiger partial charge in [-0.05, 0) is 50.9 Å². The molecule has 6 heteroatoms. The number of likely N-dealkylation sites (N-methyl/N-ethyl adjacent to an activating group) is 1. The first-order chi connectivity index (χ1) is 13.2. The van der Waals surface area contributed by atoms with Crippen LogP contribution in [-0.2, 0) is 6.42 Å². The molecule has 0 atom stereocenters. The molecule has 5 nitrogen and oxygen atoms in total. The smallest absolute Gasteiger partial charge is 0.0901 e. The lowest BCUT2D eigenvalue weighted by atomic mass is 10.0. The summed E-state index contributed by atoms with van der Waals surface area (Å²) in [5, 5.41) is 10.2. The average molecular weight is 382 g/mol. The van der Waals surface area contributed by atoms with Crippen LogP contribution in [0.3, 0.4) is 0 Å². The van der Waals surface area contributed by atoms with Crippen LogP contribution in [-0.4, -0.2) is 52.8 Å². The van der Waals surface area contributed by atoms with E-state index in [0.29, 0.717) is 6.04 Å². The van der Waals surface area contributed by atoms with Crippen LogP contribution < -0.4 is 4.90 Å². The van der Waals surface area contributed by atoms with Gasteiger partial charge < -0.3 is 9.80 Å².